The van der Waals surface area contributed by atoms with Gasteiger partial charge in [0.25, 0.3) is 0 Å². The molecule has 0 saturated heterocycles. The number of nitrogens with one attached hydrogen (secondary N) is 1. The molecular formula is C20H18FN2O3P. The first kappa shape index (κ1) is 17.6. The van der Waals surface area contributed by atoms with E-state index in [4.69, 9.17) is 14.2 Å². The highest BCUT2D eigenvalue weighted by molar-refractivity contribution is 7.16. The van der Waals surface area contributed by atoms with E-state index in [1.165, 1.54) is 0 Å². The molecule has 1 unspecified atom stereocenters. The molecule has 4 rings (SSSR count). The molecule has 138 valence electrons. The summed E-state index contributed by atoms with van der Waals surface area (Å²) in [6.07, 6.45) is 2.03. The first-order valence-corrected chi connectivity index (χ1v) is 9.17. The van der Waals surface area contributed by atoms with Crippen LogP contribution in [0.2, 0.25) is 0 Å². The molecule has 5 nitrogen and oxygen atoms in total. The predicted octanol–water partition coefficient (Wildman–Crippen LogP) is 5.18. The van der Waals surface area contributed by atoms with Crippen molar-refractivity contribution in [2.45, 2.75) is 6.92 Å². The number of hydrogen-bond acceptors (Lipinski definition) is 4. The minimum absolute atomic E-state index is 0.151. The predicted molar refractivity (Wildman–Crippen MR) is 107 cm³/mol. The highest BCUT2D eigenvalue weighted by Gasteiger charge is 2.15. The van der Waals surface area contributed by atoms with Crippen LogP contribution in [0.5, 0.6) is 23.0 Å². The lowest BCUT2D eigenvalue weighted by molar-refractivity contribution is 0.344. The first-order chi connectivity index (χ1) is 13.1. The summed E-state index contributed by atoms with van der Waals surface area (Å²) >= 11 is 0. The molecular weight excluding hydrogens is 366 g/mol. The van der Waals surface area contributed by atoms with E-state index in [-0.39, 0.29) is 5.75 Å². The molecule has 0 radical (unpaired) electrons. The van der Waals surface area contributed by atoms with Gasteiger partial charge < -0.3 is 19.2 Å². The van der Waals surface area contributed by atoms with E-state index in [0.29, 0.717) is 39.9 Å². The average Bonchev–Trinajstić information content (AvgIpc) is 3.05. The minimum atomic E-state index is -0.406. The van der Waals surface area contributed by atoms with Crippen molar-refractivity contribution in [1.82, 2.24) is 9.97 Å². The van der Waals surface area contributed by atoms with Crippen molar-refractivity contribution in [1.29, 1.82) is 0 Å². The molecule has 0 aliphatic rings. The number of aromatic nitrogens is 2. The molecule has 0 fully saturated rings. The lowest BCUT2D eigenvalue weighted by atomic mass is 10.1. The SMILES string of the molecule is COc1cc2nccc(Oc3ccc4[nH]c(C)cc4c3F)c2cc1OCP. The van der Waals surface area contributed by atoms with Gasteiger partial charge in [-0.15, -0.1) is 0 Å². The van der Waals surface area contributed by atoms with E-state index >= 15 is 0 Å². The molecule has 0 saturated carbocycles. The van der Waals surface area contributed by atoms with Gasteiger partial charge in [-0.2, -0.15) is 0 Å². The normalized spacial score (nSPS) is 11.1. The molecule has 27 heavy (non-hydrogen) atoms. The molecule has 0 bridgehead atoms. The zero-order chi connectivity index (χ0) is 19.0. The molecule has 0 aliphatic heterocycles. The lowest BCUT2D eigenvalue weighted by Crippen LogP contribution is -1.96. The van der Waals surface area contributed by atoms with Crippen LogP contribution in [-0.2, 0) is 0 Å². The second kappa shape index (κ2) is 7.05. The van der Waals surface area contributed by atoms with Gasteiger partial charge in [0.05, 0.1) is 12.6 Å². The molecule has 0 spiro atoms. The number of methoxy groups -OCH3 is 1. The first-order valence-electron chi connectivity index (χ1n) is 8.36. The van der Waals surface area contributed by atoms with Crippen LogP contribution in [0.25, 0.3) is 21.8 Å². The van der Waals surface area contributed by atoms with Crippen molar-refractivity contribution in [2.24, 2.45) is 0 Å². The standard InChI is InChI=1S/C20H18FN2O3P/c1-11-7-13-14(23-11)3-4-17(20(13)21)26-16-5-6-22-15-9-18(24-2)19(25-10-27)8-12(15)16/h3-9,23H,10,27H2,1-2H3. The second-order valence-corrected chi connectivity index (χ2v) is 6.37. The van der Waals surface area contributed by atoms with Crippen molar-refractivity contribution >= 4 is 31.0 Å². The Labute approximate surface area is 157 Å². The number of pyridine rings is 1. The lowest BCUT2D eigenvalue weighted by Gasteiger charge is -2.13. The van der Waals surface area contributed by atoms with Crippen LogP contribution in [0.3, 0.4) is 0 Å². The summed E-state index contributed by atoms with van der Waals surface area (Å²) in [6.45, 7) is 1.89. The van der Waals surface area contributed by atoms with Crippen LogP contribution >= 0.6 is 9.24 Å². The van der Waals surface area contributed by atoms with Crippen LogP contribution in [0.1, 0.15) is 5.69 Å². The Balaban J connectivity index is 1.82. The van der Waals surface area contributed by atoms with Gasteiger partial charge in [0, 0.05) is 34.2 Å². The molecule has 7 heteroatoms. The molecule has 1 N–H and O–H groups in total. The third-order valence-electron chi connectivity index (χ3n) is 4.28. The van der Waals surface area contributed by atoms with Crippen molar-refractivity contribution in [3.8, 4) is 23.0 Å². The smallest absolute Gasteiger partial charge is 0.175 e. The van der Waals surface area contributed by atoms with E-state index in [1.807, 2.05) is 6.92 Å². The maximum absolute atomic E-state index is 14.9. The van der Waals surface area contributed by atoms with Crippen molar-refractivity contribution < 1.29 is 18.6 Å². The minimum Gasteiger partial charge on any atom is -0.493 e. The summed E-state index contributed by atoms with van der Waals surface area (Å²) in [5.41, 5.74) is 2.29. The zero-order valence-corrected chi connectivity index (χ0v) is 16.0. The largest absolute Gasteiger partial charge is 0.493 e. The fraction of sp³-hybridized carbons (Fsp3) is 0.150. The molecule has 1 atom stereocenters. The van der Waals surface area contributed by atoms with Crippen molar-refractivity contribution in [3.05, 3.63) is 54.1 Å². The number of aromatic amines is 1. The molecule has 2 aromatic heterocycles. The summed E-state index contributed by atoms with van der Waals surface area (Å²) in [6, 6.07) is 10.4. The highest BCUT2D eigenvalue weighted by atomic mass is 31.0. The number of H-pyrrole nitrogens is 1. The number of nitrogens with zero attached hydrogens (tertiary/aromatic N) is 1. The van der Waals surface area contributed by atoms with Gasteiger partial charge in [-0.1, -0.05) is 9.24 Å². The van der Waals surface area contributed by atoms with E-state index in [9.17, 15) is 4.39 Å². The van der Waals surface area contributed by atoms with Gasteiger partial charge in [-0.3, -0.25) is 4.98 Å². The van der Waals surface area contributed by atoms with Gasteiger partial charge in [0.1, 0.15) is 12.1 Å². The Bertz CT molecular complexity index is 1140. The summed E-state index contributed by atoms with van der Waals surface area (Å²) in [5.74, 6) is 1.37. The number of rotatable bonds is 5. The summed E-state index contributed by atoms with van der Waals surface area (Å²) < 4.78 is 31.8. The Morgan fingerprint density at radius 2 is 1.89 bits per heavy atom. The second-order valence-electron chi connectivity index (χ2n) is 6.03. The van der Waals surface area contributed by atoms with Crippen molar-refractivity contribution in [3.63, 3.8) is 0 Å². The van der Waals surface area contributed by atoms with Gasteiger partial charge in [0.2, 0.25) is 0 Å². The van der Waals surface area contributed by atoms with Crippen LogP contribution in [-0.4, -0.2) is 23.4 Å². The van der Waals surface area contributed by atoms with Gasteiger partial charge in [0.15, 0.2) is 23.1 Å². The van der Waals surface area contributed by atoms with Crippen molar-refractivity contribution in [2.75, 3.05) is 13.5 Å². The number of fused-ring (bicyclic) bond motifs is 2. The Hall–Kier alpha value is -2.85. The molecule has 2 heterocycles. The van der Waals surface area contributed by atoms with Gasteiger partial charge >= 0.3 is 0 Å². The number of ether oxygens (including phenoxy) is 3. The fourth-order valence-corrected chi connectivity index (χ4v) is 3.24. The summed E-state index contributed by atoms with van der Waals surface area (Å²) in [4.78, 5) is 7.47. The highest BCUT2D eigenvalue weighted by Crippen LogP contribution is 2.38. The Morgan fingerprint density at radius 1 is 1.04 bits per heavy atom. The molecule has 2 aromatic carbocycles. The van der Waals surface area contributed by atoms with Gasteiger partial charge in [-0.25, -0.2) is 4.39 Å². The van der Waals surface area contributed by atoms with Gasteiger partial charge in [-0.05, 0) is 37.3 Å². The molecule has 0 amide bonds. The summed E-state index contributed by atoms with van der Waals surface area (Å²) in [5, 5.41) is 1.20. The third-order valence-corrected chi connectivity index (χ3v) is 4.45. The van der Waals surface area contributed by atoms with Crippen LogP contribution < -0.4 is 14.2 Å². The number of benzene rings is 2. The summed E-state index contributed by atoms with van der Waals surface area (Å²) in [7, 11) is 4.07. The fourth-order valence-electron chi connectivity index (χ4n) is 3.06. The zero-order valence-electron chi connectivity index (χ0n) is 14.9. The third kappa shape index (κ3) is 3.17. The number of hydrogen-bond donors (Lipinski definition) is 1. The van der Waals surface area contributed by atoms with E-state index < -0.39 is 5.82 Å². The van der Waals surface area contributed by atoms with Crippen LogP contribution in [0.15, 0.2) is 42.6 Å². The Kier molecular flexibility index (Phi) is 4.58. The average molecular weight is 384 g/mol. The molecule has 0 aliphatic carbocycles. The molecule has 4 aromatic rings. The van der Waals surface area contributed by atoms with E-state index in [1.54, 1.807) is 49.7 Å². The Morgan fingerprint density at radius 3 is 2.67 bits per heavy atom. The maximum Gasteiger partial charge on any atom is 0.175 e. The monoisotopic (exact) mass is 384 g/mol. The van der Waals surface area contributed by atoms with Crippen LogP contribution in [0, 0.1) is 12.7 Å². The maximum atomic E-state index is 14.9. The number of aryl methyl sites for hydroxylation is 1. The van der Waals surface area contributed by atoms with Crippen LogP contribution in [0.4, 0.5) is 4.39 Å². The van der Waals surface area contributed by atoms with E-state index in [0.717, 1.165) is 11.2 Å². The quantitative estimate of drug-likeness (QED) is 0.482. The topological polar surface area (TPSA) is 56.4 Å². The number of halogens is 1. The van der Waals surface area contributed by atoms with E-state index in [2.05, 4.69) is 19.2 Å².